The number of halogens is 1. The third kappa shape index (κ3) is 2.89. The van der Waals surface area contributed by atoms with E-state index in [9.17, 15) is 14.7 Å². The van der Waals surface area contributed by atoms with Crippen LogP contribution < -0.4 is 5.56 Å². The fraction of sp³-hybridized carbons (Fsp3) is 0.235. The molecule has 2 aromatic heterocycles. The van der Waals surface area contributed by atoms with Gasteiger partial charge in [0.1, 0.15) is 28.6 Å². The van der Waals surface area contributed by atoms with Crippen LogP contribution in [0.2, 0.25) is 5.02 Å². The monoisotopic (exact) mass is 376 g/mol. The molecule has 0 saturated carbocycles. The predicted molar refractivity (Wildman–Crippen MR) is 94.5 cm³/mol. The number of aryl methyl sites for hydroxylation is 2. The Morgan fingerprint density at radius 3 is 3.04 bits per heavy atom. The third-order valence-electron chi connectivity index (χ3n) is 4.14. The molecule has 1 aliphatic carbocycles. The van der Waals surface area contributed by atoms with E-state index in [1.807, 2.05) is 0 Å². The van der Waals surface area contributed by atoms with Gasteiger partial charge in [0, 0.05) is 9.90 Å². The second-order valence-corrected chi connectivity index (χ2v) is 7.31. The number of nitrogens with zero attached hydrogens (tertiary/aromatic N) is 1. The van der Waals surface area contributed by atoms with Gasteiger partial charge in [-0.3, -0.25) is 4.79 Å². The van der Waals surface area contributed by atoms with Crippen molar-refractivity contribution in [2.75, 3.05) is 0 Å². The maximum Gasteiger partial charge on any atom is 0.342 e. The largest absolute Gasteiger partial charge is 0.507 e. The summed E-state index contributed by atoms with van der Waals surface area (Å²) in [5.41, 5.74) is 0.899. The summed E-state index contributed by atoms with van der Waals surface area (Å²) in [5.74, 6) is -0.700. The molecule has 25 heavy (non-hydrogen) atoms. The van der Waals surface area contributed by atoms with E-state index in [0.29, 0.717) is 15.2 Å². The van der Waals surface area contributed by atoms with Crippen molar-refractivity contribution in [1.29, 1.82) is 0 Å². The number of hydrogen-bond acceptors (Lipinski definition) is 6. The van der Waals surface area contributed by atoms with Crippen LogP contribution in [0.15, 0.2) is 23.0 Å². The topological polar surface area (TPSA) is 92.3 Å². The minimum absolute atomic E-state index is 0.00271. The van der Waals surface area contributed by atoms with Gasteiger partial charge < -0.3 is 14.8 Å². The molecular weight excluding hydrogens is 364 g/mol. The molecule has 1 aromatic carbocycles. The first kappa shape index (κ1) is 16.1. The quantitative estimate of drug-likeness (QED) is 0.685. The van der Waals surface area contributed by atoms with Crippen molar-refractivity contribution in [2.24, 2.45) is 0 Å². The SMILES string of the molecule is O=C(OCc1nc2sc3c(c2c(=O)[nH]1)CCC3)c1ccc(Cl)cc1O. The summed E-state index contributed by atoms with van der Waals surface area (Å²) in [5, 5.41) is 10.7. The molecule has 2 N–H and O–H groups in total. The van der Waals surface area contributed by atoms with E-state index in [1.54, 1.807) is 0 Å². The Hall–Kier alpha value is -2.38. The highest BCUT2D eigenvalue weighted by Gasteiger charge is 2.21. The van der Waals surface area contributed by atoms with Crippen LogP contribution in [-0.4, -0.2) is 21.0 Å². The number of aromatic hydroxyl groups is 1. The van der Waals surface area contributed by atoms with E-state index in [2.05, 4.69) is 9.97 Å². The Balaban J connectivity index is 1.57. The molecule has 0 spiro atoms. The van der Waals surface area contributed by atoms with Gasteiger partial charge in [0.2, 0.25) is 0 Å². The van der Waals surface area contributed by atoms with E-state index in [0.717, 1.165) is 24.8 Å². The average Bonchev–Trinajstić information content (AvgIpc) is 3.13. The number of aromatic amines is 1. The van der Waals surface area contributed by atoms with Crippen molar-refractivity contribution in [1.82, 2.24) is 9.97 Å². The highest BCUT2D eigenvalue weighted by molar-refractivity contribution is 7.18. The predicted octanol–water partition coefficient (Wildman–Crippen LogP) is 3.19. The van der Waals surface area contributed by atoms with Gasteiger partial charge in [0.05, 0.1) is 5.39 Å². The third-order valence-corrected chi connectivity index (χ3v) is 5.56. The Morgan fingerprint density at radius 1 is 1.40 bits per heavy atom. The fourth-order valence-corrected chi connectivity index (χ4v) is 4.45. The van der Waals surface area contributed by atoms with Crippen LogP contribution in [0.1, 0.15) is 33.0 Å². The minimum Gasteiger partial charge on any atom is -0.507 e. The van der Waals surface area contributed by atoms with E-state index >= 15 is 0 Å². The number of fused-ring (bicyclic) bond motifs is 3. The molecule has 128 valence electrons. The number of nitrogens with one attached hydrogen (secondary N) is 1. The van der Waals surface area contributed by atoms with Crippen molar-refractivity contribution < 1.29 is 14.6 Å². The summed E-state index contributed by atoms with van der Waals surface area (Å²) in [6.07, 6.45) is 2.96. The molecule has 0 atom stereocenters. The summed E-state index contributed by atoms with van der Waals surface area (Å²) in [6.45, 7) is -0.186. The summed E-state index contributed by atoms with van der Waals surface area (Å²) >= 11 is 7.26. The molecule has 8 heteroatoms. The maximum atomic E-state index is 12.3. The number of ether oxygens (including phenoxy) is 1. The second-order valence-electron chi connectivity index (χ2n) is 5.79. The van der Waals surface area contributed by atoms with E-state index in [4.69, 9.17) is 16.3 Å². The number of H-pyrrole nitrogens is 1. The highest BCUT2D eigenvalue weighted by atomic mass is 35.5. The van der Waals surface area contributed by atoms with Crippen LogP contribution in [0, 0.1) is 0 Å². The molecule has 1 aliphatic rings. The zero-order valence-corrected chi connectivity index (χ0v) is 14.5. The first-order valence-corrected chi connectivity index (χ1v) is 8.91. The number of hydrogen-bond donors (Lipinski definition) is 2. The number of benzene rings is 1. The van der Waals surface area contributed by atoms with Crippen LogP contribution in [-0.2, 0) is 24.2 Å². The molecule has 2 heterocycles. The average molecular weight is 377 g/mol. The van der Waals surface area contributed by atoms with Gasteiger partial charge in [-0.05, 0) is 43.0 Å². The lowest BCUT2D eigenvalue weighted by atomic mass is 10.2. The fourth-order valence-electron chi connectivity index (χ4n) is 3.00. The van der Waals surface area contributed by atoms with Gasteiger partial charge >= 0.3 is 5.97 Å². The lowest BCUT2D eigenvalue weighted by Crippen LogP contribution is -2.14. The van der Waals surface area contributed by atoms with Crippen molar-refractivity contribution in [3.63, 3.8) is 0 Å². The van der Waals surface area contributed by atoms with Gasteiger partial charge in [-0.1, -0.05) is 11.6 Å². The number of rotatable bonds is 3. The molecule has 0 saturated heterocycles. The summed E-state index contributed by atoms with van der Waals surface area (Å²) in [7, 11) is 0. The molecule has 0 fully saturated rings. The normalized spacial score (nSPS) is 13.2. The van der Waals surface area contributed by atoms with Gasteiger partial charge in [-0.2, -0.15) is 0 Å². The van der Waals surface area contributed by atoms with Gasteiger partial charge in [0.25, 0.3) is 5.56 Å². The van der Waals surface area contributed by atoms with Crippen molar-refractivity contribution in [3.05, 3.63) is 55.4 Å². The first-order chi connectivity index (χ1) is 12.0. The number of aromatic nitrogens is 2. The molecule has 6 nitrogen and oxygen atoms in total. The smallest absolute Gasteiger partial charge is 0.342 e. The van der Waals surface area contributed by atoms with Crippen LogP contribution in [0.3, 0.4) is 0 Å². The number of thiophene rings is 1. The summed E-state index contributed by atoms with van der Waals surface area (Å²) < 4.78 is 5.15. The zero-order valence-electron chi connectivity index (χ0n) is 13.0. The van der Waals surface area contributed by atoms with E-state index in [1.165, 1.54) is 34.4 Å². The Labute approximate surface area is 151 Å². The van der Waals surface area contributed by atoms with Crippen LogP contribution >= 0.6 is 22.9 Å². The summed E-state index contributed by atoms with van der Waals surface area (Å²) in [6, 6.07) is 4.12. The molecular formula is C17H13ClN2O4S. The number of phenols is 1. The van der Waals surface area contributed by atoms with E-state index in [-0.39, 0.29) is 29.3 Å². The number of phenolic OH excluding ortho intramolecular Hbond substituents is 1. The van der Waals surface area contributed by atoms with E-state index < -0.39 is 5.97 Å². The number of carbonyl (C=O) groups excluding carboxylic acids is 1. The molecule has 3 aromatic rings. The minimum atomic E-state index is -0.717. The molecule has 0 unspecified atom stereocenters. The second kappa shape index (κ2) is 6.16. The number of esters is 1. The molecule has 4 rings (SSSR count). The molecule has 0 radical (unpaired) electrons. The van der Waals surface area contributed by atoms with Crippen molar-refractivity contribution in [2.45, 2.75) is 25.9 Å². The zero-order chi connectivity index (χ0) is 17.6. The Bertz CT molecular complexity index is 1060. The van der Waals surface area contributed by atoms with Gasteiger partial charge in [-0.25, -0.2) is 9.78 Å². The lowest BCUT2D eigenvalue weighted by molar-refractivity contribution is 0.0459. The first-order valence-electron chi connectivity index (χ1n) is 7.72. The van der Waals surface area contributed by atoms with Crippen molar-refractivity contribution in [3.8, 4) is 5.75 Å². The lowest BCUT2D eigenvalue weighted by Gasteiger charge is -2.06. The summed E-state index contributed by atoms with van der Waals surface area (Å²) in [4.78, 5) is 33.4. The highest BCUT2D eigenvalue weighted by Crippen LogP contribution is 2.34. The Morgan fingerprint density at radius 2 is 2.24 bits per heavy atom. The maximum absolute atomic E-state index is 12.3. The molecule has 0 amide bonds. The van der Waals surface area contributed by atoms with Crippen LogP contribution in [0.5, 0.6) is 5.75 Å². The Kier molecular flexibility index (Phi) is 3.97. The molecule has 0 bridgehead atoms. The van der Waals surface area contributed by atoms with Crippen molar-refractivity contribution >= 4 is 39.1 Å². The molecule has 0 aliphatic heterocycles. The standard InChI is InChI=1S/C17H13ClN2O4S/c18-8-4-5-9(11(21)6-8)17(23)24-7-13-19-15(22)14-10-2-1-3-12(10)25-16(14)20-13/h4-6,21H,1-3,7H2,(H,19,20,22). The van der Waals surface area contributed by atoms with Gasteiger partial charge in [-0.15, -0.1) is 11.3 Å². The van der Waals surface area contributed by atoms with Crippen LogP contribution in [0.4, 0.5) is 0 Å². The van der Waals surface area contributed by atoms with Gasteiger partial charge in [0.15, 0.2) is 0 Å². The number of carbonyl (C=O) groups is 1. The van der Waals surface area contributed by atoms with Crippen LogP contribution in [0.25, 0.3) is 10.2 Å².